The topological polar surface area (TPSA) is 90.1 Å². The average molecular weight is 342 g/mol. The first kappa shape index (κ1) is 17.4. The van der Waals surface area contributed by atoms with Gasteiger partial charge in [0.15, 0.2) is 0 Å². The van der Waals surface area contributed by atoms with Crippen molar-refractivity contribution in [3.8, 4) is 0 Å². The molecule has 1 N–H and O–H groups in total. The molecule has 24 heavy (non-hydrogen) atoms. The molecule has 2 aromatic rings. The molecular weight excluding hydrogens is 329 g/mol. The van der Waals surface area contributed by atoms with Gasteiger partial charge in [0.05, 0.1) is 23.1 Å². The van der Waals surface area contributed by atoms with Gasteiger partial charge in [-0.05, 0) is 26.0 Å². The second-order valence-corrected chi connectivity index (χ2v) is 5.02. The number of nitro benzene ring substituents is 1. The molecule has 128 valence electrons. The zero-order chi connectivity index (χ0) is 18.0. The monoisotopic (exact) mass is 342 g/mol. The van der Waals surface area contributed by atoms with Crippen LogP contribution in [0.1, 0.15) is 23.5 Å². The number of nitrogens with one attached hydrogen (secondary N) is 1. The number of amides is 1. The third-order valence-corrected chi connectivity index (χ3v) is 3.43. The highest BCUT2D eigenvalue weighted by Crippen LogP contribution is 2.26. The summed E-state index contributed by atoms with van der Waals surface area (Å²) < 4.78 is 39.1. The minimum atomic E-state index is -2.83. The van der Waals surface area contributed by atoms with Crippen LogP contribution in [0.4, 0.5) is 24.5 Å². The molecule has 1 aromatic carbocycles. The molecule has 0 unspecified atom stereocenters. The van der Waals surface area contributed by atoms with Crippen LogP contribution in [0, 0.1) is 29.8 Å². The summed E-state index contributed by atoms with van der Waals surface area (Å²) in [6, 6.07) is 2.71. The van der Waals surface area contributed by atoms with Gasteiger partial charge in [-0.25, -0.2) is 9.07 Å². The van der Waals surface area contributed by atoms with E-state index in [1.54, 1.807) is 0 Å². The Hall–Kier alpha value is -2.91. The lowest BCUT2D eigenvalue weighted by molar-refractivity contribution is -0.384. The molecule has 7 nitrogen and oxygen atoms in total. The summed E-state index contributed by atoms with van der Waals surface area (Å²) in [5, 5.41) is 16.8. The molecule has 1 heterocycles. The Morgan fingerprint density at radius 2 is 2.08 bits per heavy atom. The molecule has 1 aromatic heterocycles. The number of benzene rings is 1. The number of alkyl halides is 2. The van der Waals surface area contributed by atoms with Gasteiger partial charge in [0.25, 0.3) is 5.69 Å². The fraction of sp³-hybridized carbons (Fsp3) is 0.286. The number of carbonyl (C=O) groups is 1. The van der Waals surface area contributed by atoms with Crippen molar-refractivity contribution in [3.63, 3.8) is 0 Å². The summed E-state index contributed by atoms with van der Waals surface area (Å²) in [5.74, 6) is -1.48. The molecule has 0 aliphatic heterocycles. The van der Waals surface area contributed by atoms with Gasteiger partial charge in [-0.15, -0.1) is 0 Å². The summed E-state index contributed by atoms with van der Waals surface area (Å²) in [5.41, 5.74) is -0.0802. The second-order valence-electron chi connectivity index (χ2n) is 5.02. The molecule has 2 rings (SSSR count). The molecule has 0 aliphatic rings. The quantitative estimate of drug-likeness (QED) is 0.668. The number of carbonyl (C=O) groups excluding carboxylic acids is 1. The van der Waals surface area contributed by atoms with Crippen LogP contribution in [-0.4, -0.2) is 20.6 Å². The smallest absolute Gasteiger partial charge is 0.320 e. The van der Waals surface area contributed by atoms with Crippen molar-refractivity contribution < 1.29 is 22.9 Å². The van der Waals surface area contributed by atoms with Crippen LogP contribution in [0.2, 0.25) is 0 Å². The van der Waals surface area contributed by atoms with E-state index in [9.17, 15) is 28.1 Å². The van der Waals surface area contributed by atoms with E-state index >= 15 is 0 Å². The summed E-state index contributed by atoms with van der Waals surface area (Å²) in [7, 11) is 0. The highest BCUT2D eigenvalue weighted by molar-refractivity contribution is 5.94. The predicted octanol–water partition coefficient (Wildman–Crippen LogP) is 3.12. The van der Waals surface area contributed by atoms with Gasteiger partial charge < -0.3 is 5.32 Å². The lowest BCUT2D eigenvalue weighted by atomic mass is 10.1. The SMILES string of the molecule is Cc1nn(C(F)F)c(C)c1CC(=O)Nc1ccc(F)cc1[N+](=O)[O-]. The van der Waals surface area contributed by atoms with Gasteiger partial charge in [-0.2, -0.15) is 13.9 Å². The van der Waals surface area contributed by atoms with E-state index in [0.29, 0.717) is 16.3 Å². The molecule has 1 amide bonds. The summed E-state index contributed by atoms with van der Waals surface area (Å²) in [6.07, 6.45) is -0.293. The second kappa shape index (κ2) is 6.69. The van der Waals surface area contributed by atoms with Crippen LogP contribution in [0.5, 0.6) is 0 Å². The lowest BCUT2D eigenvalue weighted by Gasteiger charge is -2.07. The van der Waals surface area contributed by atoms with Crippen molar-refractivity contribution in [3.05, 3.63) is 51.1 Å². The summed E-state index contributed by atoms with van der Waals surface area (Å²) in [6.45, 7) is 0.0444. The fourth-order valence-electron chi connectivity index (χ4n) is 2.26. The third kappa shape index (κ3) is 3.53. The molecule has 0 saturated carbocycles. The van der Waals surface area contributed by atoms with E-state index in [1.165, 1.54) is 13.8 Å². The van der Waals surface area contributed by atoms with Crippen LogP contribution in [-0.2, 0) is 11.2 Å². The van der Waals surface area contributed by atoms with Crippen molar-refractivity contribution in [2.75, 3.05) is 5.32 Å². The fourth-order valence-corrected chi connectivity index (χ4v) is 2.26. The van der Waals surface area contributed by atoms with Crippen LogP contribution in [0.25, 0.3) is 0 Å². The number of halogens is 3. The number of rotatable bonds is 5. The Kier molecular flexibility index (Phi) is 4.86. The first-order valence-electron chi connectivity index (χ1n) is 6.77. The van der Waals surface area contributed by atoms with Gasteiger partial charge in [0, 0.05) is 11.3 Å². The number of hydrogen-bond acceptors (Lipinski definition) is 4. The Morgan fingerprint density at radius 1 is 1.42 bits per heavy atom. The number of aromatic nitrogens is 2. The maximum atomic E-state index is 13.1. The molecule has 0 spiro atoms. The first-order valence-corrected chi connectivity index (χ1v) is 6.77. The Bertz CT molecular complexity index is 805. The molecule has 0 saturated heterocycles. The largest absolute Gasteiger partial charge is 0.333 e. The van der Waals surface area contributed by atoms with Crippen LogP contribution >= 0.6 is 0 Å². The maximum Gasteiger partial charge on any atom is 0.333 e. The zero-order valence-electron chi connectivity index (χ0n) is 12.7. The number of nitrogens with zero attached hydrogens (tertiary/aromatic N) is 3. The normalized spacial score (nSPS) is 10.9. The van der Waals surface area contributed by atoms with Crippen molar-refractivity contribution in [2.45, 2.75) is 26.8 Å². The minimum absolute atomic E-state index is 0.131. The number of anilines is 1. The maximum absolute atomic E-state index is 13.1. The summed E-state index contributed by atoms with van der Waals surface area (Å²) in [4.78, 5) is 22.1. The molecule has 0 aliphatic carbocycles. The van der Waals surface area contributed by atoms with Crippen molar-refractivity contribution in [2.24, 2.45) is 0 Å². The molecule has 0 atom stereocenters. The van der Waals surface area contributed by atoms with Gasteiger partial charge in [-0.3, -0.25) is 14.9 Å². The van der Waals surface area contributed by atoms with Crippen LogP contribution < -0.4 is 5.32 Å². The van der Waals surface area contributed by atoms with Gasteiger partial charge in [-0.1, -0.05) is 0 Å². The first-order chi connectivity index (χ1) is 11.2. The highest BCUT2D eigenvalue weighted by Gasteiger charge is 2.21. The average Bonchev–Trinajstić information content (AvgIpc) is 2.77. The van der Waals surface area contributed by atoms with E-state index in [-0.39, 0.29) is 23.5 Å². The van der Waals surface area contributed by atoms with E-state index in [4.69, 9.17) is 0 Å². The number of hydrogen-bond donors (Lipinski definition) is 1. The van der Waals surface area contributed by atoms with Gasteiger partial charge in [0.1, 0.15) is 11.5 Å². The van der Waals surface area contributed by atoms with E-state index < -0.39 is 28.9 Å². The Balaban J connectivity index is 2.22. The number of nitro groups is 1. The van der Waals surface area contributed by atoms with Crippen LogP contribution in [0.15, 0.2) is 18.2 Å². The minimum Gasteiger partial charge on any atom is -0.320 e. The highest BCUT2D eigenvalue weighted by atomic mass is 19.3. The van der Waals surface area contributed by atoms with Crippen molar-refractivity contribution in [1.29, 1.82) is 0 Å². The van der Waals surface area contributed by atoms with E-state index in [2.05, 4.69) is 10.4 Å². The summed E-state index contributed by atoms with van der Waals surface area (Å²) >= 11 is 0. The predicted molar refractivity (Wildman–Crippen MR) is 78.3 cm³/mol. The lowest BCUT2D eigenvalue weighted by Crippen LogP contribution is -2.16. The van der Waals surface area contributed by atoms with Crippen molar-refractivity contribution >= 4 is 17.3 Å². The standard InChI is InChI=1S/C14H13F3N4O3/c1-7-10(8(2)20(19-7)14(16)17)6-13(22)18-11-4-3-9(15)5-12(11)21(23)24/h3-5,14H,6H2,1-2H3,(H,18,22). The molecule has 0 fully saturated rings. The Labute approximate surface area is 134 Å². The van der Waals surface area contributed by atoms with Crippen LogP contribution in [0.3, 0.4) is 0 Å². The van der Waals surface area contributed by atoms with Crippen molar-refractivity contribution in [1.82, 2.24) is 9.78 Å². The number of aryl methyl sites for hydroxylation is 1. The van der Waals surface area contributed by atoms with Gasteiger partial charge in [0.2, 0.25) is 5.91 Å². The molecular formula is C14H13F3N4O3. The molecule has 0 radical (unpaired) electrons. The zero-order valence-corrected chi connectivity index (χ0v) is 12.7. The van der Waals surface area contributed by atoms with E-state index in [0.717, 1.165) is 12.1 Å². The Morgan fingerprint density at radius 3 is 2.62 bits per heavy atom. The van der Waals surface area contributed by atoms with E-state index in [1.807, 2.05) is 0 Å². The van der Waals surface area contributed by atoms with Gasteiger partial charge >= 0.3 is 6.55 Å². The molecule has 10 heteroatoms. The third-order valence-electron chi connectivity index (χ3n) is 3.43. The molecule has 0 bridgehead atoms.